The number of rotatable bonds is 4. The lowest BCUT2D eigenvalue weighted by Gasteiger charge is -2.26. The first-order valence-corrected chi connectivity index (χ1v) is 8.73. The summed E-state index contributed by atoms with van der Waals surface area (Å²) >= 11 is 0. The maximum Gasteiger partial charge on any atom is 0.272 e. The molecule has 3 rings (SSSR count). The number of nitrogens with one attached hydrogen (secondary N) is 1. The maximum atomic E-state index is 12.5. The van der Waals surface area contributed by atoms with Gasteiger partial charge in [-0.2, -0.15) is 0 Å². The van der Waals surface area contributed by atoms with Gasteiger partial charge in [-0.3, -0.25) is 9.59 Å². The molecule has 2 amide bonds. The second-order valence-corrected chi connectivity index (χ2v) is 6.43. The number of likely N-dealkylation sites (tertiary alicyclic amines) is 1. The molecule has 1 fully saturated rings. The van der Waals surface area contributed by atoms with Gasteiger partial charge < -0.3 is 10.2 Å². The predicted molar refractivity (Wildman–Crippen MR) is 96.3 cm³/mol. The number of benzene rings is 1. The maximum absolute atomic E-state index is 12.5. The topological polar surface area (TPSA) is 62.3 Å². The van der Waals surface area contributed by atoms with Crippen LogP contribution >= 0.6 is 0 Å². The molecular formula is C20H23N3O2. The van der Waals surface area contributed by atoms with Crippen molar-refractivity contribution >= 4 is 11.8 Å². The molecule has 25 heavy (non-hydrogen) atoms. The number of hydrogen-bond acceptors (Lipinski definition) is 3. The van der Waals surface area contributed by atoms with Gasteiger partial charge in [-0.15, -0.1) is 0 Å². The third kappa shape index (κ3) is 4.44. The van der Waals surface area contributed by atoms with Crippen molar-refractivity contribution in [3.63, 3.8) is 0 Å². The van der Waals surface area contributed by atoms with Crippen molar-refractivity contribution in [2.24, 2.45) is 0 Å². The van der Waals surface area contributed by atoms with E-state index in [-0.39, 0.29) is 17.5 Å². The first-order valence-electron chi connectivity index (χ1n) is 8.73. The highest BCUT2D eigenvalue weighted by atomic mass is 16.2. The number of hydrogen-bond donors (Lipinski definition) is 1. The van der Waals surface area contributed by atoms with Gasteiger partial charge in [0.1, 0.15) is 11.4 Å². The Labute approximate surface area is 148 Å². The summed E-state index contributed by atoms with van der Waals surface area (Å²) in [7, 11) is 0. The van der Waals surface area contributed by atoms with Crippen molar-refractivity contribution in [3.8, 4) is 0 Å². The Kier molecular flexibility index (Phi) is 5.43. The van der Waals surface area contributed by atoms with Gasteiger partial charge in [-0.1, -0.05) is 35.9 Å². The van der Waals surface area contributed by atoms with Crippen molar-refractivity contribution in [1.82, 2.24) is 15.2 Å². The Balaban J connectivity index is 1.65. The molecule has 0 radical (unpaired) electrons. The summed E-state index contributed by atoms with van der Waals surface area (Å²) in [5, 5.41) is 2.86. The highest BCUT2D eigenvalue weighted by Crippen LogP contribution is 2.12. The fraction of sp³-hybridized carbons (Fsp3) is 0.350. The Morgan fingerprint density at radius 3 is 2.52 bits per heavy atom. The van der Waals surface area contributed by atoms with Gasteiger partial charge in [-0.25, -0.2) is 4.98 Å². The van der Waals surface area contributed by atoms with Crippen LogP contribution in [0.2, 0.25) is 0 Å². The summed E-state index contributed by atoms with van der Waals surface area (Å²) in [6.45, 7) is 3.99. The second-order valence-electron chi connectivity index (χ2n) is 6.43. The third-order valence-electron chi connectivity index (χ3n) is 4.38. The number of pyridine rings is 1. The highest BCUT2D eigenvalue weighted by Gasteiger charge is 2.20. The molecule has 0 aliphatic carbocycles. The molecule has 1 N–H and O–H groups in total. The van der Waals surface area contributed by atoms with Gasteiger partial charge in [0.05, 0.1) is 0 Å². The number of carbonyl (C=O) groups excluding carboxylic acids is 2. The summed E-state index contributed by atoms with van der Waals surface area (Å²) in [6.07, 6.45) is 3.23. The minimum Gasteiger partial charge on any atom is -0.347 e. The van der Waals surface area contributed by atoms with Crippen LogP contribution in [0, 0.1) is 6.92 Å². The zero-order chi connectivity index (χ0) is 17.6. The standard InChI is InChI=1S/C20H23N3O2/c1-15-7-5-8-16(13-15)14-21-19(24)17-9-6-10-18(22-17)20(25)23-11-3-2-4-12-23/h5-10,13H,2-4,11-12,14H2,1H3,(H,21,24). The smallest absolute Gasteiger partial charge is 0.272 e. The molecule has 2 heterocycles. The van der Waals surface area contributed by atoms with E-state index in [9.17, 15) is 9.59 Å². The van der Waals surface area contributed by atoms with Crippen LogP contribution in [0.3, 0.4) is 0 Å². The van der Waals surface area contributed by atoms with Crippen LogP contribution in [0.1, 0.15) is 51.4 Å². The van der Waals surface area contributed by atoms with E-state index in [1.54, 1.807) is 18.2 Å². The van der Waals surface area contributed by atoms with Crippen LogP contribution in [-0.2, 0) is 6.54 Å². The Bertz CT molecular complexity index is 767. The lowest BCUT2D eigenvalue weighted by atomic mass is 10.1. The summed E-state index contributed by atoms with van der Waals surface area (Å²) in [6, 6.07) is 13.0. The zero-order valence-electron chi connectivity index (χ0n) is 14.5. The van der Waals surface area contributed by atoms with Gasteiger partial charge in [0.15, 0.2) is 0 Å². The quantitative estimate of drug-likeness (QED) is 0.933. The molecule has 130 valence electrons. The molecule has 1 aromatic heterocycles. The van der Waals surface area contributed by atoms with Crippen molar-refractivity contribution < 1.29 is 9.59 Å². The molecular weight excluding hydrogens is 314 g/mol. The molecule has 5 heteroatoms. The zero-order valence-corrected chi connectivity index (χ0v) is 14.5. The van der Waals surface area contributed by atoms with Gasteiger partial charge in [-0.05, 0) is 43.9 Å². The molecule has 2 aromatic rings. The molecule has 0 unspecified atom stereocenters. The molecule has 1 aliphatic rings. The van der Waals surface area contributed by atoms with Crippen LogP contribution in [-0.4, -0.2) is 34.8 Å². The number of nitrogens with zero attached hydrogens (tertiary/aromatic N) is 2. The largest absolute Gasteiger partial charge is 0.347 e. The number of carbonyl (C=O) groups is 2. The lowest BCUT2D eigenvalue weighted by molar-refractivity contribution is 0.0718. The van der Waals surface area contributed by atoms with E-state index in [4.69, 9.17) is 0 Å². The average molecular weight is 337 g/mol. The van der Waals surface area contributed by atoms with Crippen molar-refractivity contribution in [1.29, 1.82) is 0 Å². The lowest BCUT2D eigenvalue weighted by Crippen LogP contribution is -2.36. The first kappa shape index (κ1) is 17.1. The molecule has 1 saturated heterocycles. The minimum absolute atomic E-state index is 0.0898. The average Bonchev–Trinajstić information content (AvgIpc) is 2.66. The summed E-state index contributed by atoms with van der Waals surface area (Å²) in [4.78, 5) is 31.0. The number of aryl methyl sites for hydroxylation is 1. The molecule has 0 bridgehead atoms. The van der Waals surface area contributed by atoms with Crippen LogP contribution < -0.4 is 5.32 Å². The van der Waals surface area contributed by atoms with Gasteiger partial charge in [0.25, 0.3) is 11.8 Å². The summed E-state index contributed by atoms with van der Waals surface area (Å²) in [5.74, 6) is -0.358. The van der Waals surface area contributed by atoms with Gasteiger partial charge in [0.2, 0.25) is 0 Å². The summed E-state index contributed by atoms with van der Waals surface area (Å²) in [5.41, 5.74) is 2.80. The monoisotopic (exact) mass is 337 g/mol. The number of amides is 2. The fourth-order valence-electron chi connectivity index (χ4n) is 3.03. The van der Waals surface area contributed by atoms with E-state index < -0.39 is 0 Å². The van der Waals surface area contributed by atoms with Crippen molar-refractivity contribution in [2.75, 3.05) is 13.1 Å². The van der Waals surface area contributed by atoms with Crippen LogP contribution in [0.15, 0.2) is 42.5 Å². The molecule has 5 nitrogen and oxygen atoms in total. The van der Waals surface area contributed by atoms with Gasteiger partial charge in [0, 0.05) is 19.6 Å². The van der Waals surface area contributed by atoms with E-state index in [2.05, 4.69) is 10.3 Å². The third-order valence-corrected chi connectivity index (χ3v) is 4.38. The van der Waals surface area contributed by atoms with E-state index >= 15 is 0 Å². The molecule has 0 saturated carbocycles. The van der Waals surface area contributed by atoms with Crippen LogP contribution in [0.4, 0.5) is 0 Å². The molecule has 1 aromatic carbocycles. The fourth-order valence-corrected chi connectivity index (χ4v) is 3.03. The van der Waals surface area contributed by atoms with E-state index in [1.807, 2.05) is 36.1 Å². The molecule has 1 aliphatic heterocycles. The summed E-state index contributed by atoms with van der Waals surface area (Å²) < 4.78 is 0. The Morgan fingerprint density at radius 1 is 1.04 bits per heavy atom. The SMILES string of the molecule is Cc1cccc(CNC(=O)c2cccc(C(=O)N3CCCCC3)n2)c1. The number of aromatic nitrogens is 1. The van der Waals surface area contributed by atoms with Crippen molar-refractivity contribution in [2.45, 2.75) is 32.7 Å². The minimum atomic E-state index is -0.269. The van der Waals surface area contributed by atoms with E-state index in [1.165, 1.54) is 6.42 Å². The normalized spacial score (nSPS) is 14.2. The van der Waals surface area contributed by atoms with E-state index in [0.29, 0.717) is 12.2 Å². The molecule has 0 atom stereocenters. The Hall–Kier alpha value is -2.69. The predicted octanol–water partition coefficient (Wildman–Crippen LogP) is 2.95. The molecule has 0 spiro atoms. The Morgan fingerprint density at radius 2 is 1.76 bits per heavy atom. The van der Waals surface area contributed by atoms with Crippen LogP contribution in [0.25, 0.3) is 0 Å². The van der Waals surface area contributed by atoms with Crippen LogP contribution in [0.5, 0.6) is 0 Å². The number of piperidine rings is 1. The van der Waals surface area contributed by atoms with E-state index in [0.717, 1.165) is 37.1 Å². The highest BCUT2D eigenvalue weighted by molar-refractivity contribution is 5.96. The first-order chi connectivity index (χ1) is 12.1. The van der Waals surface area contributed by atoms with Gasteiger partial charge >= 0.3 is 0 Å². The second kappa shape index (κ2) is 7.92. The van der Waals surface area contributed by atoms with Crippen molar-refractivity contribution in [3.05, 3.63) is 65.0 Å².